The van der Waals surface area contributed by atoms with E-state index in [4.69, 9.17) is 0 Å². The Bertz CT molecular complexity index is 551. The van der Waals surface area contributed by atoms with E-state index in [0.717, 1.165) is 24.5 Å². The SMILES string of the molecule is O=c1ccc(C2CC2)nn1C1CCC(NCC2CC2)CC1. The van der Waals surface area contributed by atoms with Gasteiger partial charge < -0.3 is 5.32 Å². The molecule has 0 radical (unpaired) electrons. The van der Waals surface area contributed by atoms with Gasteiger partial charge in [-0.2, -0.15) is 5.10 Å². The van der Waals surface area contributed by atoms with E-state index in [-0.39, 0.29) is 5.56 Å². The molecule has 1 aromatic rings. The number of aromatic nitrogens is 2. The monoisotopic (exact) mass is 287 g/mol. The van der Waals surface area contributed by atoms with Gasteiger partial charge in [-0.1, -0.05) is 0 Å². The average Bonchev–Trinajstić information content (AvgIpc) is 3.39. The molecule has 0 saturated heterocycles. The molecule has 1 heterocycles. The van der Waals surface area contributed by atoms with Crippen molar-refractivity contribution in [2.24, 2.45) is 5.92 Å². The zero-order valence-electron chi connectivity index (χ0n) is 12.6. The van der Waals surface area contributed by atoms with Crippen LogP contribution in [-0.2, 0) is 0 Å². The highest BCUT2D eigenvalue weighted by molar-refractivity contribution is 5.13. The van der Waals surface area contributed by atoms with E-state index in [9.17, 15) is 4.79 Å². The second kappa shape index (κ2) is 5.56. The molecule has 0 aliphatic heterocycles. The molecule has 114 valence electrons. The quantitative estimate of drug-likeness (QED) is 0.905. The van der Waals surface area contributed by atoms with Gasteiger partial charge in [-0.3, -0.25) is 4.79 Å². The maximum atomic E-state index is 12.1. The van der Waals surface area contributed by atoms with Crippen molar-refractivity contribution in [1.82, 2.24) is 15.1 Å². The van der Waals surface area contributed by atoms with Gasteiger partial charge in [-0.05, 0) is 69.9 Å². The van der Waals surface area contributed by atoms with Gasteiger partial charge in [0.1, 0.15) is 0 Å². The molecule has 1 aromatic heterocycles. The van der Waals surface area contributed by atoms with Crippen molar-refractivity contribution in [3.05, 3.63) is 28.2 Å². The molecule has 4 heteroatoms. The number of rotatable bonds is 5. The molecule has 0 atom stereocenters. The molecule has 0 unspecified atom stereocenters. The Hall–Kier alpha value is -1.16. The first kappa shape index (κ1) is 13.5. The lowest BCUT2D eigenvalue weighted by atomic mass is 9.91. The highest BCUT2D eigenvalue weighted by Crippen LogP contribution is 2.38. The van der Waals surface area contributed by atoms with E-state index in [1.165, 1.54) is 45.1 Å². The highest BCUT2D eigenvalue weighted by atomic mass is 16.1. The fraction of sp³-hybridized carbons (Fsp3) is 0.765. The predicted octanol–water partition coefficient (Wildman–Crippen LogP) is 2.60. The lowest BCUT2D eigenvalue weighted by Crippen LogP contribution is -2.37. The molecule has 0 spiro atoms. The minimum absolute atomic E-state index is 0.0776. The Balaban J connectivity index is 1.38. The van der Waals surface area contributed by atoms with Gasteiger partial charge in [0.2, 0.25) is 0 Å². The minimum atomic E-state index is 0.0776. The van der Waals surface area contributed by atoms with Gasteiger partial charge in [-0.15, -0.1) is 0 Å². The third kappa shape index (κ3) is 3.20. The molecular weight excluding hydrogens is 262 g/mol. The van der Waals surface area contributed by atoms with Crippen molar-refractivity contribution >= 4 is 0 Å². The van der Waals surface area contributed by atoms with Crippen LogP contribution in [0.5, 0.6) is 0 Å². The Morgan fingerprint density at radius 2 is 1.81 bits per heavy atom. The molecular formula is C17H25N3O. The summed E-state index contributed by atoms with van der Waals surface area (Å²) in [5.41, 5.74) is 1.21. The van der Waals surface area contributed by atoms with E-state index in [1.54, 1.807) is 10.7 Å². The summed E-state index contributed by atoms with van der Waals surface area (Å²) in [5, 5.41) is 8.35. The molecule has 0 amide bonds. The number of nitrogens with zero attached hydrogens (tertiary/aromatic N) is 2. The minimum Gasteiger partial charge on any atom is -0.314 e. The summed E-state index contributed by atoms with van der Waals surface area (Å²) >= 11 is 0. The molecule has 4 rings (SSSR count). The van der Waals surface area contributed by atoms with Crippen LogP contribution in [0.2, 0.25) is 0 Å². The summed E-state index contributed by atoms with van der Waals surface area (Å²) in [6.07, 6.45) is 9.84. The fourth-order valence-corrected chi connectivity index (χ4v) is 3.48. The van der Waals surface area contributed by atoms with Crippen LogP contribution in [0.15, 0.2) is 16.9 Å². The molecule has 1 N–H and O–H groups in total. The smallest absolute Gasteiger partial charge is 0.267 e. The molecule has 3 aliphatic rings. The van der Waals surface area contributed by atoms with Crippen LogP contribution in [0.4, 0.5) is 0 Å². The maximum absolute atomic E-state index is 12.1. The summed E-state index contributed by atoms with van der Waals surface area (Å²) in [7, 11) is 0. The number of hydrogen-bond acceptors (Lipinski definition) is 3. The number of nitrogens with one attached hydrogen (secondary N) is 1. The van der Waals surface area contributed by atoms with Crippen molar-refractivity contribution in [2.75, 3.05) is 6.54 Å². The van der Waals surface area contributed by atoms with E-state index >= 15 is 0 Å². The molecule has 0 aromatic carbocycles. The van der Waals surface area contributed by atoms with Crippen molar-refractivity contribution in [3.8, 4) is 0 Å². The Labute approximate surface area is 125 Å². The van der Waals surface area contributed by atoms with Crippen LogP contribution in [-0.4, -0.2) is 22.4 Å². The van der Waals surface area contributed by atoms with Crippen LogP contribution >= 0.6 is 0 Å². The zero-order valence-corrected chi connectivity index (χ0v) is 12.6. The topological polar surface area (TPSA) is 46.9 Å². The normalized spacial score (nSPS) is 29.5. The van der Waals surface area contributed by atoms with Gasteiger partial charge in [0, 0.05) is 18.0 Å². The lowest BCUT2D eigenvalue weighted by Gasteiger charge is -2.29. The van der Waals surface area contributed by atoms with Crippen LogP contribution in [0, 0.1) is 5.92 Å². The molecule has 3 aliphatic carbocycles. The average molecular weight is 287 g/mol. The standard InChI is InChI=1S/C17H25N3O/c21-17-10-9-16(13-3-4-13)19-20(17)15-7-5-14(6-8-15)18-11-12-1-2-12/h9-10,12-15,18H,1-8,11H2. The van der Waals surface area contributed by atoms with Gasteiger partial charge in [0.15, 0.2) is 0 Å². The summed E-state index contributed by atoms with van der Waals surface area (Å²) in [6, 6.07) is 4.62. The van der Waals surface area contributed by atoms with Crippen molar-refractivity contribution in [1.29, 1.82) is 0 Å². The first-order valence-corrected chi connectivity index (χ1v) is 8.63. The third-order valence-corrected chi connectivity index (χ3v) is 5.28. The summed E-state index contributed by atoms with van der Waals surface area (Å²) < 4.78 is 1.78. The van der Waals surface area contributed by atoms with Crippen LogP contribution < -0.4 is 10.9 Å². The van der Waals surface area contributed by atoms with E-state index in [2.05, 4.69) is 10.4 Å². The van der Waals surface area contributed by atoms with E-state index < -0.39 is 0 Å². The van der Waals surface area contributed by atoms with Gasteiger partial charge >= 0.3 is 0 Å². The van der Waals surface area contributed by atoms with Gasteiger partial charge in [0.25, 0.3) is 5.56 Å². The third-order valence-electron chi connectivity index (χ3n) is 5.28. The van der Waals surface area contributed by atoms with Crippen LogP contribution in [0.1, 0.15) is 69.0 Å². The van der Waals surface area contributed by atoms with Gasteiger partial charge in [0.05, 0.1) is 11.7 Å². The maximum Gasteiger partial charge on any atom is 0.267 e. The number of hydrogen-bond donors (Lipinski definition) is 1. The molecule has 0 bridgehead atoms. The van der Waals surface area contributed by atoms with E-state index in [1.807, 2.05) is 6.07 Å². The Morgan fingerprint density at radius 3 is 2.48 bits per heavy atom. The van der Waals surface area contributed by atoms with Crippen molar-refractivity contribution < 1.29 is 0 Å². The Morgan fingerprint density at radius 1 is 1.05 bits per heavy atom. The molecule has 3 fully saturated rings. The van der Waals surface area contributed by atoms with Gasteiger partial charge in [-0.25, -0.2) is 4.68 Å². The molecule has 21 heavy (non-hydrogen) atoms. The molecule has 4 nitrogen and oxygen atoms in total. The van der Waals surface area contributed by atoms with Crippen LogP contribution in [0.3, 0.4) is 0 Å². The summed E-state index contributed by atoms with van der Waals surface area (Å²) in [5.74, 6) is 1.57. The Kier molecular flexibility index (Phi) is 3.57. The fourth-order valence-electron chi connectivity index (χ4n) is 3.48. The summed E-state index contributed by atoms with van der Waals surface area (Å²) in [4.78, 5) is 12.1. The highest BCUT2D eigenvalue weighted by Gasteiger charge is 2.29. The van der Waals surface area contributed by atoms with E-state index in [0.29, 0.717) is 18.0 Å². The second-order valence-corrected chi connectivity index (χ2v) is 7.17. The zero-order chi connectivity index (χ0) is 14.2. The van der Waals surface area contributed by atoms with Crippen molar-refractivity contribution in [2.45, 2.75) is 69.4 Å². The molecule has 3 saturated carbocycles. The predicted molar refractivity (Wildman–Crippen MR) is 82.5 cm³/mol. The van der Waals surface area contributed by atoms with Crippen LogP contribution in [0.25, 0.3) is 0 Å². The van der Waals surface area contributed by atoms with Crippen molar-refractivity contribution in [3.63, 3.8) is 0 Å². The second-order valence-electron chi connectivity index (χ2n) is 7.17. The first-order valence-electron chi connectivity index (χ1n) is 8.63. The lowest BCUT2D eigenvalue weighted by molar-refractivity contribution is 0.267. The summed E-state index contributed by atoms with van der Waals surface area (Å²) in [6.45, 7) is 1.20. The first-order chi connectivity index (χ1) is 10.3. The largest absolute Gasteiger partial charge is 0.314 e.